The molecule has 30 heavy (non-hydrogen) atoms. The Hall–Kier alpha value is -2.11. The lowest BCUT2D eigenvalue weighted by Crippen LogP contribution is -2.32. The van der Waals surface area contributed by atoms with Gasteiger partial charge in [0.15, 0.2) is 5.78 Å². The molecule has 0 amide bonds. The molecular formula is C25H37NO3S. The van der Waals surface area contributed by atoms with Crippen LogP contribution in [0.3, 0.4) is 0 Å². The Morgan fingerprint density at radius 3 is 2.10 bits per heavy atom. The Bertz CT molecular complexity index is 657. The molecule has 3 N–H and O–H groups in total. The normalized spacial score (nSPS) is 14.2. The van der Waals surface area contributed by atoms with Crippen LogP contribution in [0.1, 0.15) is 58.3 Å². The molecule has 1 atom stereocenters. The number of ketones is 1. The summed E-state index contributed by atoms with van der Waals surface area (Å²) in [5.74, 6) is -0.930. The number of hydrogen-bond acceptors (Lipinski definition) is 4. The molecule has 0 aromatic carbocycles. The summed E-state index contributed by atoms with van der Waals surface area (Å²) >= 11 is 4.09. The molecule has 0 aliphatic carbocycles. The lowest BCUT2D eigenvalue weighted by atomic mass is 10.0. The van der Waals surface area contributed by atoms with E-state index >= 15 is 0 Å². The van der Waals surface area contributed by atoms with Gasteiger partial charge in [0, 0.05) is 17.4 Å². The largest absolute Gasteiger partial charge is 0.478 e. The Labute approximate surface area is 187 Å². The highest BCUT2D eigenvalue weighted by Gasteiger charge is 2.13. The van der Waals surface area contributed by atoms with Crippen LogP contribution in [-0.4, -0.2) is 28.7 Å². The highest BCUT2D eigenvalue weighted by atomic mass is 32.1. The summed E-state index contributed by atoms with van der Waals surface area (Å²) in [6.45, 7) is 2.23. The molecule has 0 saturated carbocycles. The van der Waals surface area contributed by atoms with Gasteiger partial charge in [-0.1, -0.05) is 106 Å². The topological polar surface area (TPSA) is 80.4 Å². The number of carboxylic acid groups (broad SMARTS) is 1. The number of allylic oxidation sites excluding steroid dienone is 10. The van der Waals surface area contributed by atoms with Crippen LogP contribution in [0.25, 0.3) is 0 Å². The van der Waals surface area contributed by atoms with E-state index < -0.39 is 12.0 Å². The number of unbranched alkanes of at least 4 members (excludes halogenated alkanes) is 7. The molecule has 0 bridgehead atoms. The third kappa shape index (κ3) is 16.8. The molecule has 0 unspecified atom stereocenters. The molecule has 0 spiro atoms. The number of hydrogen-bond donors (Lipinski definition) is 3. The molecule has 5 heteroatoms. The third-order valence-electron chi connectivity index (χ3n) is 4.27. The maximum Gasteiger partial charge on any atom is 0.328 e. The van der Waals surface area contributed by atoms with Gasteiger partial charge in [-0.25, -0.2) is 4.79 Å². The predicted octanol–water partition coefficient (Wildman–Crippen LogP) is 5.75. The first-order valence-electron chi connectivity index (χ1n) is 10.7. The Kier molecular flexibility index (Phi) is 18.8. The summed E-state index contributed by atoms with van der Waals surface area (Å²) in [6.07, 6.45) is 28.8. The van der Waals surface area contributed by atoms with Crippen molar-refractivity contribution < 1.29 is 14.7 Å². The van der Waals surface area contributed by atoms with Crippen molar-refractivity contribution in [3.05, 3.63) is 72.4 Å². The summed E-state index contributed by atoms with van der Waals surface area (Å²) in [5.41, 5.74) is 6.28. The maximum absolute atomic E-state index is 12.4. The predicted molar refractivity (Wildman–Crippen MR) is 131 cm³/mol. The zero-order valence-electron chi connectivity index (χ0n) is 18.1. The van der Waals surface area contributed by atoms with E-state index in [2.05, 4.69) is 25.6 Å². The van der Waals surface area contributed by atoms with Gasteiger partial charge in [0.1, 0.15) is 0 Å². The fourth-order valence-corrected chi connectivity index (χ4v) is 2.73. The summed E-state index contributed by atoms with van der Waals surface area (Å²) in [7, 11) is 0. The lowest BCUT2D eigenvalue weighted by Gasteiger charge is -2.07. The first kappa shape index (κ1) is 27.9. The van der Waals surface area contributed by atoms with Crippen LogP contribution in [0.15, 0.2) is 72.4 Å². The molecule has 4 nitrogen and oxygen atoms in total. The van der Waals surface area contributed by atoms with E-state index in [1.54, 1.807) is 30.4 Å². The van der Waals surface area contributed by atoms with Gasteiger partial charge < -0.3 is 10.8 Å². The van der Waals surface area contributed by atoms with Crippen LogP contribution < -0.4 is 5.73 Å². The van der Waals surface area contributed by atoms with E-state index in [1.807, 2.05) is 18.2 Å². The fraction of sp³-hybridized carbons (Fsp3) is 0.440. The quantitative estimate of drug-likeness (QED) is 0.119. The number of carboxylic acids is 1. The van der Waals surface area contributed by atoms with Crippen molar-refractivity contribution in [2.45, 2.75) is 64.3 Å². The summed E-state index contributed by atoms with van der Waals surface area (Å²) in [6, 6.07) is -0.665. The molecule has 0 heterocycles. The number of rotatable bonds is 17. The number of Topliss-reactive ketones (excluding diaryl/α,β-unsaturated/α-hetero) is 1. The first-order chi connectivity index (χ1) is 14.5. The summed E-state index contributed by atoms with van der Waals surface area (Å²) < 4.78 is 0. The smallest absolute Gasteiger partial charge is 0.328 e. The van der Waals surface area contributed by atoms with E-state index in [1.165, 1.54) is 51.0 Å². The monoisotopic (exact) mass is 431 g/mol. The number of carbonyl (C=O) groups excluding carboxylic acids is 1. The molecule has 0 rings (SSSR count). The fourth-order valence-electron chi connectivity index (χ4n) is 2.56. The first-order valence-corrected chi connectivity index (χ1v) is 11.3. The highest BCUT2D eigenvalue weighted by molar-refractivity contribution is 7.80. The van der Waals surface area contributed by atoms with Crippen molar-refractivity contribution in [2.75, 3.05) is 5.75 Å². The minimum atomic E-state index is -1.01. The van der Waals surface area contributed by atoms with Crippen LogP contribution in [0.2, 0.25) is 0 Å². The molecule has 0 aliphatic rings. The Morgan fingerprint density at radius 2 is 1.47 bits per heavy atom. The summed E-state index contributed by atoms with van der Waals surface area (Å²) in [4.78, 5) is 22.8. The Morgan fingerprint density at radius 1 is 0.867 bits per heavy atom. The average Bonchev–Trinajstić information content (AvgIpc) is 2.74. The summed E-state index contributed by atoms with van der Waals surface area (Å²) in [5, 5.41) is 8.53. The second-order valence-corrected chi connectivity index (χ2v) is 7.30. The van der Waals surface area contributed by atoms with E-state index in [0.29, 0.717) is 5.57 Å². The van der Waals surface area contributed by atoms with E-state index in [0.717, 1.165) is 12.5 Å². The molecule has 0 saturated heterocycles. The van der Waals surface area contributed by atoms with Gasteiger partial charge in [-0.15, -0.1) is 0 Å². The molecule has 0 aliphatic heterocycles. The maximum atomic E-state index is 12.4. The van der Waals surface area contributed by atoms with Crippen molar-refractivity contribution in [1.82, 2.24) is 0 Å². The third-order valence-corrected chi connectivity index (χ3v) is 4.67. The van der Waals surface area contributed by atoms with Gasteiger partial charge in [0.2, 0.25) is 0 Å². The van der Waals surface area contributed by atoms with E-state index in [9.17, 15) is 9.59 Å². The van der Waals surface area contributed by atoms with Gasteiger partial charge in [0.25, 0.3) is 0 Å². The standard InChI is InChI=1S/C25H37NO3S/c1-2-3-4-5-6-7-8-9-10-11-12-15-18-22(25(29)23(26)21-30)19-16-13-14-17-20-24(27)28/h10-20,23,30H,2-9,21,26H2,1H3,(H,27,28)/t23-/m0/s1. The number of aliphatic carboxylic acids is 1. The van der Waals surface area contributed by atoms with Crippen LogP contribution in [-0.2, 0) is 9.59 Å². The highest BCUT2D eigenvalue weighted by Crippen LogP contribution is 2.09. The minimum absolute atomic E-state index is 0.188. The van der Waals surface area contributed by atoms with Crippen LogP contribution in [0.5, 0.6) is 0 Å². The molecular weight excluding hydrogens is 394 g/mol. The minimum Gasteiger partial charge on any atom is -0.478 e. The molecule has 166 valence electrons. The molecule has 0 aromatic heterocycles. The van der Waals surface area contributed by atoms with Crippen molar-refractivity contribution in [1.29, 1.82) is 0 Å². The lowest BCUT2D eigenvalue weighted by molar-refractivity contribution is -0.131. The van der Waals surface area contributed by atoms with Crippen LogP contribution >= 0.6 is 12.6 Å². The van der Waals surface area contributed by atoms with Gasteiger partial charge in [-0.2, -0.15) is 12.6 Å². The molecule has 0 fully saturated rings. The second-order valence-electron chi connectivity index (χ2n) is 6.94. The zero-order chi connectivity index (χ0) is 22.5. The van der Waals surface area contributed by atoms with E-state index in [4.69, 9.17) is 10.8 Å². The van der Waals surface area contributed by atoms with Crippen molar-refractivity contribution in [2.24, 2.45) is 5.73 Å². The second kappa shape index (κ2) is 20.2. The zero-order valence-corrected chi connectivity index (χ0v) is 19.0. The van der Waals surface area contributed by atoms with Crippen molar-refractivity contribution in [3.63, 3.8) is 0 Å². The van der Waals surface area contributed by atoms with Gasteiger partial charge in [-0.3, -0.25) is 4.79 Å². The molecule has 0 radical (unpaired) electrons. The van der Waals surface area contributed by atoms with Crippen LogP contribution in [0.4, 0.5) is 0 Å². The van der Waals surface area contributed by atoms with Crippen molar-refractivity contribution in [3.8, 4) is 0 Å². The SMILES string of the molecule is CCCCCCCCCC=CC=CC=C(C=CC=CC=CC(=O)O)C(=O)[C@@H](N)CS. The van der Waals surface area contributed by atoms with Crippen molar-refractivity contribution >= 4 is 24.4 Å². The number of carbonyl (C=O) groups is 2. The average molecular weight is 432 g/mol. The number of nitrogens with two attached hydrogens (primary N) is 1. The van der Waals surface area contributed by atoms with Gasteiger partial charge in [0.05, 0.1) is 6.04 Å². The Balaban J connectivity index is 4.58. The van der Waals surface area contributed by atoms with E-state index in [-0.39, 0.29) is 11.5 Å². The van der Waals surface area contributed by atoms with Gasteiger partial charge >= 0.3 is 5.97 Å². The molecule has 0 aromatic rings. The number of thiol groups is 1. The van der Waals surface area contributed by atoms with Gasteiger partial charge in [-0.05, 0) is 12.8 Å². The van der Waals surface area contributed by atoms with Crippen LogP contribution in [0, 0.1) is 0 Å².